The highest BCUT2D eigenvalue weighted by molar-refractivity contribution is 5.15. The van der Waals surface area contributed by atoms with Crippen LogP contribution in [-0.2, 0) is 0 Å². The van der Waals surface area contributed by atoms with Gasteiger partial charge in [0.05, 0.1) is 6.20 Å². The summed E-state index contributed by atoms with van der Waals surface area (Å²) in [6.07, 6.45) is 4.71. The van der Waals surface area contributed by atoms with Crippen LogP contribution >= 0.6 is 0 Å². The summed E-state index contributed by atoms with van der Waals surface area (Å²) in [6, 6.07) is 4.32. The predicted molar refractivity (Wildman–Crippen MR) is 62.1 cm³/mol. The lowest BCUT2D eigenvalue weighted by Gasteiger charge is -2.19. The van der Waals surface area contributed by atoms with E-state index in [0.29, 0.717) is 6.04 Å². The van der Waals surface area contributed by atoms with Crippen molar-refractivity contribution in [1.82, 2.24) is 10.3 Å². The van der Waals surface area contributed by atoms with Gasteiger partial charge in [-0.25, -0.2) is 0 Å². The minimum atomic E-state index is 0.219. The van der Waals surface area contributed by atoms with E-state index in [0.717, 1.165) is 18.7 Å². The number of nitrogens with zero attached hydrogens (tertiary/aromatic N) is 1. The minimum absolute atomic E-state index is 0.219. The van der Waals surface area contributed by atoms with Crippen LogP contribution in [0, 0.1) is 0 Å². The fourth-order valence-electron chi connectivity index (χ4n) is 1.25. The van der Waals surface area contributed by atoms with Crippen molar-refractivity contribution in [1.29, 1.82) is 0 Å². The normalized spacial score (nSPS) is 12.8. The van der Waals surface area contributed by atoms with Crippen molar-refractivity contribution < 1.29 is 4.74 Å². The first-order valence-corrected chi connectivity index (χ1v) is 5.52. The summed E-state index contributed by atoms with van der Waals surface area (Å²) in [5.41, 5.74) is 0. The molecule has 15 heavy (non-hydrogen) atoms. The molecule has 3 nitrogen and oxygen atoms in total. The monoisotopic (exact) mass is 208 g/mol. The molecule has 0 aliphatic rings. The number of ether oxygens (including phenoxy) is 1. The molecule has 0 fully saturated rings. The van der Waals surface area contributed by atoms with E-state index >= 15 is 0 Å². The second kappa shape index (κ2) is 6.40. The first-order chi connectivity index (χ1) is 7.22. The van der Waals surface area contributed by atoms with Crippen molar-refractivity contribution in [2.45, 2.75) is 39.3 Å². The predicted octanol–water partition coefficient (Wildman–Crippen LogP) is 2.24. The Morgan fingerprint density at radius 3 is 2.80 bits per heavy atom. The highest BCUT2D eigenvalue weighted by atomic mass is 16.5. The van der Waals surface area contributed by atoms with Crippen LogP contribution in [0.5, 0.6) is 5.75 Å². The van der Waals surface area contributed by atoms with Crippen LogP contribution in [0.1, 0.15) is 27.2 Å². The number of hydrogen-bond donors (Lipinski definition) is 1. The first-order valence-electron chi connectivity index (χ1n) is 5.52. The maximum absolute atomic E-state index is 5.79. The molecule has 1 N–H and O–H groups in total. The Kier molecular flexibility index (Phi) is 5.12. The molecule has 1 unspecified atom stereocenters. The van der Waals surface area contributed by atoms with E-state index in [1.807, 2.05) is 12.1 Å². The average Bonchev–Trinajstić information content (AvgIpc) is 2.25. The van der Waals surface area contributed by atoms with E-state index in [9.17, 15) is 0 Å². The van der Waals surface area contributed by atoms with Gasteiger partial charge in [0, 0.05) is 18.8 Å². The second-order valence-corrected chi connectivity index (χ2v) is 3.90. The molecular formula is C12H20N2O. The van der Waals surface area contributed by atoms with Crippen molar-refractivity contribution in [2.75, 3.05) is 6.54 Å². The third-order valence-corrected chi connectivity index (χ3v) is 2.15. The molecule has 3 heteroatoms. The molecule has 0 amide bonds. The molecule has 0 bridgehead atoms. The number of rotatable bonds is 6. The fraction of sp³-hybridized carbons (Fsp3) is 0.583. The van der Waals surface area contributed by atoms with Gasteiger partial charge in [-0.15, -0.1) is 0 Å². The Morgan fingerprint density at radius 2 is 2.27 bits per heavy atom. The largest absolute Gasteiger partial charge is 0.488 e. The molecule has 84 valence electrons. The van der Waals surface area contributed by atoms with Crippen molar-refractivity contribution in [2.24, 2.45) is 0 Å². The Bertz CT molecular complexity index is 262. The van der Waals surface area contributed by atoms with E-state index in [1.165, 1.54) is 0 Å². The quantitative estimate of drug-likeness (QED) is 0.778. The first kappa shape index (κ1) is 12.0. The van der Waals surface area contributed by atoms with Gasteiger partial charge in [-0.05, 0) is 18.6 Å². The van der Waals surface area contributed by atoms with E-state index in [1.54, 1.807) is 12.4 Å². The van der Waals surface area contributed by atoms with Gasteiger partial charge in [-0.3, -0.25) is 4.98 Å². The van der Waals surface area contributed by atoms with E-state index in [4.69, 9.17) is 4.74 Å². The maximum atomic E-state index is 5.79. The van der Waals surface area contributed by atoms with Crippen molar-refractivity contribution in [3.63, 3.8) is 0 Å². The smallest absolute Gasteiger partial charge is 0.138 e. The summed E-state index contributed by atoms with van der Waals surface area (Å²) in [5.74, 6) is 0.843. The van der Waals surface area contributed by atoms with E-state index in [-0.39, 0.29) is 6.10 Å². The summed E-state index contributed by atoms with van der Waals surface area (Å²) >= 11 is 0. The minimum Gasteiger partial charge on any atom is -0.488 e. The fourth-order valence-corrected chi connectivity index (χ4v) is 1.25. The lowest BCUT2D eigenvalue weighted by molar-refractivity contribution is 0.189. The molecule has 1 rings (SSSR count). The Hall–Kier alpha value is -1.09. The van der Waals surface area contributed by atoms with Crippen molar-refractivity contribution in [3.05, 3.63) is 24.5 Å². The van der Waals surface area contributed by atoms with Gasteiger partial charge in [-0.1, -0.05) is 20.8 Å². The summed E-state index contributed by atoms with van der Waals surface area (Å²) in [6.45, 7) is 7.28. The van der Waals surface area contributed by atoms with E-state index in [2.05, 4.69) is 31.1 Å². The van der Waals surface area contributed by atoms with Crippen LogP contribution in [0.4, 0.5) is 0 Å². The zero-order valence-electron chi connectivity index (χ0n) is 9.73. The molecule has 0 saturated carbocycles. The van der Waals surface area contributed by atoms with Gasteiger partial charge in [0.25, 0.3) is 0 Å². The van der Waals surface area contributed by atoms with Crippen LogP contribution in [0.2, 0.25) is 0 Å². The van der Waals surface area contributed by atoms with Gasteiger partial charge >= 0.3 is 0 Å². The van der Waals surface area contributed by atoms with Crippen LogP contribution in [0.25, 0.3) is 0 Å². The molecule has 1 aromatic heterocycles. The van der Waals surface area contributed by atoms with Crippen molar-refractivity contribution in [3.8, 4) is 5.75 Å². The van der Waals surface area contributed by atoms with Gasteiger partial charge in [0.2, 0.25) is 0 Å². The summed E-state index contributed by atoms with van der Waals surface area (Å²) in [4.78, 5) is 4.02. The molecule has 0 saturated heterocycles. The molecule has 0 aliphatic carbocycles. The van der Waals surface area contributed by atoms with Crippen molar-refractivity contribution >= 4 is 0 Å². The molecule has 1 atom stereocenters. The highest BCUT2D eigenvalue weighted by Gasteiger charge is 2.08. The van der Waals surface area contributed by atoms with Crippen LogP contribution in [0.3, 0.4) is 0 Å². The zero-order valence-corrected chi connectivity index (χ0v) is 9.73. The average molecular weight is 208 g/mol. The lowest BCUT2D eigenvalue weighted by Crippen LogP contribution is -2.34. The Labute approximate surface area is 91.9 Å². The number of nitrogens with one attached hydrogen (secondary N) is 1. The van der Waals surface area contributed by atoms with E-state index < -0.39 is 0 Å². The topological polar surface area (TPSA) is 34.1 Å². The highest BCUT2D eigenvalue weighted by Crippen LogP contribution is 2.10. The lowest BCUT2D eigenvalue weighted by atomic mass is 10.2. The SMILES string of the molecule is CCC(CNC(C)C)Oc1cccnc1. The number of aromatic nitrogens is 1. The Morgan fingerprint density at radius 1 is 1.47 bits per heavy atom. The van der Waals surface area contributed by atoms with Crippen LogP contribution in [-0.4, -0.2) is 23.7 Å². The third kappa shape index (κ3) is 4.79. The standard InChI is InChI=1S/C12H20N2O/c1-4-11(9-14-10(2)3)15-12-6-5-7-13-8-12/h5-8,10-11,14H,4,9H2,1-3H3. The summed E-state index contributed by atoms with van der Waals surface area (Å²) in [7, 11) is 0. The molecule has 0 aromatic carbocycles. The van der Waals surface area contributed by atoms with Gasteiger partial charge in [0.15, 0.2) is 0 Å². The summed E-state index contributed by atoms with van der Waals surface area (Å²) in [5, 5.41) is 3.37. The molecule has 1 aromatic rings. The van der Waals surface area contributed by atoms with Gasteiger partial charge in [0.1, 0.15) is 11.9 Å². The molecule has 0 spiro atoms. The molecule has 0 radical (unpaired) electrons. The number of hydrogen-bond acceptors (Lipinski definition) is 3. The zero-order chi connectivity index (χ0) is 11.1. The van der Waals surface area contributed by atoms with Crippen LogP contribution in [0.15, 0.2) is 24.5 Å². The summed E-state index contributed by atoms with van der Waals surface area (Å²) < 4.78 is 5.79. The second-order valence-electron chi connectivity index (χ2n) is 3.90. The molecule has 0 aliphatic heterocycles. The van der Waals surface area contributed by atoms with Gasteiger partial charge < -0.3 is 10.1 Å². The van der Waals surface area contributed by atoms with Crippen LogP contribution < -0.4 is 10.1 Å². The molecule has 1 heterocycles. The third-order valence-electron chi connectivity index (χ3n) is 2.15. The van der Waals surface area contributed by atoms with Gasteiger partial charge in [-0.2, -0.15) is 0 Å². The maximum Gasteiger partial charge on any atom is 0.138 e. The number of pyridine rings is 1. The Balaban J connectivity index is 2.40. The molecular weight excluding hydrogens is 188 g/mol.